The van der Waals surface area contributed by atoms with Gasteiger partial charge in [-0.2, -0.15) is 11.8 Å². The smallest absolute Gasteiger partial charge is 0.326 e. The second-order valence-corrected chi connectivity index (χ2v) is 8.82. The van der Waals surface area contributed by atoms with Crippen molar-refractivity contribution in [1.82, 2.24) is 4.90 Å². The molecule has 1 aromatic carbocycles. The molecule has 1 N–H and O–H groups in total. The molecule has 11 heteroatoms. The summed E-state index contributed by atoms with van der Waals surface area (Å²) < 4.78 is 5.86. The number of carbonyl (C=O) groups is 2. The maximum Gasteiger partial charge on any atom is 0.326 e. The highest BCUT2D eigenvalue weighted by atomic mass is 32.2. The van der Waals surface area contributed by atoms with Gasteiger partial charge in [0.2, 0.25) is 0 Å². The van der Waals surface area contributed by atoms with E-state index in [2.05, 4.69) is 0 Å². The van der Waals surface area contributed by atoms with Gasteiger partial charge in [0.1, 0.15) is 21.9 Å². The Morgan fingerprint density at radius 2 is 2.13 bits per heavy atom. The zero-order valence-corrected chi connectivity index (χ0v) is 18.1. The molecule has 1 saturated heterocycles. The van der Waals surface area contributed by atoms with Crippen LogP contribution in [0.25, 0.3) is 17.4 Å². The summed E-state index contributed by atoms with van der Waals surface area (Å²) in [6, 6.07) is 8.31. The molecule has 0 unspecified atom stereocenters. The van der Waals surface area contributed by atoms with Crippen LogP contribution in [0.15, 0.2) is 45.7 Å². The van der Waals surface area contributed by atoms with E-state index in [0.29, 0.717) is 17.1 Å². The lowest BCUT2D eigenvalue weighted by molar-refractivity contribution is -0.384. The summed E-state index contributed by atoms with van der Waals surface area (Å²) in [4.78, 5) is 36.5. The van der Waals surface area contributed by atoms with Gasteiger partial charge in [0.25, 0.3) is 11.6 Å². The molecule has 2 heterocycles. The van der Waals surface area contributed by atoms with Crippen LogP contribution < -0.4 is 0 Å². The molecule has 1 amide bonds. The fourth-order valence-electron chi connectivity index (χ4n) is 2.89. The molecular weight excluding hydrogens is 448 g/mol. The van der Waals surface area contributed by atoms with Crippen LogP contribution in [-0.2, 0) is 9.59 Å². The van der Waals surface area contributed by atoms with Gasteiger partial charge < -0.3 is 9.52 Å². The summed E-state index contributed by atoms with van der Waals surface area (Å²) in [6.45, 7) is 0. The number of nitrogens with zero attached hydrogens (tertiary/aromatic N) is 2. The van der Waals surface area contributed by atoms with Gasteiger partial charge in [-0.25, -0.2) is 4.79 Å². The molecule has 1 atom stereocenters. The Morgan fingerprint density at radius 1 is 1.40 bits per heavy atom. The zero-order valence-electron chi connectivity index (χ0n) is 15.6. The topological polar surface area (TPSA) is 114 Å². The summed E-state index contributed by atoms with van der Waals surface area (Å²) in [5, 5.41) is 20.7. The van der Waals surface area contributed by atoms with E-state index in [9.17, 15) is 24.8 Å². The number of carboxylic acid groups (broad SMARTS) is 1. The number of hydrogen-bond donors (Lipinski definition) is 1. The van der Waals surface area contributed by atoms with Gasteiger partial charge in [-0.3, -0.25) is 19.8 Å². The van der Waals surface area contributed by atoms with Crippen LogP contribution in [0.4, 0.5) is 5.69 Å². The average Bonchev–Trinajstić information content (AvgIpc) is 3.28. The Hall–Kier alpha value is -2.63. The number of carboxylic acids is 1. The number of carbonyl (C=O) groups excluding carboxylic acids is 1. The maximum atomic E-state index is 12.8. The monoisotopic (exact) mass is 464 g/mol. The lowest BCUT2D eigenvalue weighted by Crippen LogP contribution is -2.44. The number of para-hydroxylation sites is 1. The van der Waals surface area contributed by atoms with Crippen molar-refractivity contribution in [2.45, 2.75) is 12.5 Å². The van der Waals surface area contributed by atoms with Gasteiger partial charge in [0, 0.05) is 12.1 Å². The normalized spacial score (nSPS) is 16.3. The van der Waals surface area contributed by atoms with E-state index in [-0.39, 0.29) is 27.1 Å². The van der Waals surface area contributed by atoms with Crippen molar-refractivity contribution in [3.8, 4) is 11.3 Å². The third-order valence-electron chi connectivity index (χ3n) is 4.28. The molecule has 2 aromatic rings. The molecular formula is C19H16N2O6S3. The molecule has 30 heavy (non-hydrogen) atoms. The number of thioether (sulfide) groups is 2. The second-order valence-electron chi connectivity index (χ2n) is 6.16. The third-order valence-corrected chi connectivity index (χ3v) is 6.26. The Kier molecular flexibility index (Phi) is 6.95. The molecule has 0 aliphatic carbocycles. The molecule has 3 rings (SSSR count). The van der Waals surface area contributed by atoms with E-state index in [1.165, 1.54) is 23.9 Å². The Balaban J connectivity index is 1.87. The third kappa shape index (κ3) is 4.58. The number of nitro groups is 1. The first-order valence-electron chi connectivity index (χ1n) is 8.66. The highest BCUT2D eigenvalue weighted by Crippen LogP contribution is 2.36. The standard InChI is InChI=1S/C19H16N2O6S3/c1-29-9-8-14(18(23)24)20-17(22)16(30-19(20)28)10-11-6-7-15(27-11)12-4-2-3-5-13(12)21(25)26/h2-7,10,14H,8-9H2,1H3,(H,23,24)/b16-10+/t14-/m1/s1. The van der Waals surface area contributed by atoms with E-state index in [1.54, 1.807) is 30.3 Å². The van der Waals surface area contributed by atoms with Crippen molar-refractivity contribution >= 4 is 63.7 Å². The number of benzene rings is 1. The molecule has 1 aliphatic rings. The zero-order chi connectivity index (χ0) is 21.8. The second kappa shape index (κ2) is 9.45. The molecule has 1 aliphatic heterocycles. The summed E-state index contributed by atoms with van der Waals surface area (Å²) in [7, 11) is 0. The predicted octanol–water partition coefficient (Wildman–Crippen LogP) is 4.26. The van der Waals surface area contributed by atoms with Crippen molar-refractivity contribution in [3.05, 3.63) is 57.2 Å². The number of hydrogen-bond acceptors (Lipinski definition) is 8. The highest BCUT2D eigenvalue weighted by Gasteiger charge is 2.40. The van der Waals surface area contributed by atoms with Crippen molar-refractivity contribution < 1.29 is 24.0 Å². The van der Waals surface area contributed by atoms with E-state index in [1.807, 2.05) is 6.26 Å². The van der Waals surface area contributed by atoms with Crippen molar-refractivity contribution in [3.63, 3.8) is 0 Å². The van der Waals surface area contributed by atoms with Gasteiger partial charge in [0.05, 0.1) is 15.4 Å². The van der Waals surface area contributed by atoms with E-state index < -0.39 is 22.8 Å². The van der Waals surface area contributed by atoms with Gasteiger partial charge in [-0.15, -0.1) is 0 Å². The molecule has 1 fully saturated rings. The number of furan rings is 1. The maximum absolute atomic E-state index is 12.8. The van der Waals surface area contributed by atoms with Crippen molar-refractivity contribution in [1.29, 1.82) is 0 Å². The van der Waals surface area contributed by atoms with Crippen molar-refractivity contribution in [2.75, 3.05) is 12.0 Å². The van der Waals surface area contributed by atoms with Crippen LogP contribution in [0.1, 0.15) is 12.2 Å². The Morgan fingerprint density at radius 3 is 2.80 bits per heavy atom. The van der Waals surface area contributed by atoms with E-state index in [0.717, 1.165) is 16.7 Å². The van der Waals surface area contributed by atoms with Gasteiger partial charge in [-0.1, -0.05) is 36.1 Å². The van der Waals surface area contributed by atoms with E-state index in [4.69, 9.17) is 16.6 Å². The van der Waals surface area contributed by atoms with Gasteiger partial charge in [-0.05, 0) is 36.6 Å². The SMILES string of the molecule is CSCC[C@H](C(=O)O)N1C(=O)/C(=C\c2ccc(-c3ccccc3[N+](=O)[O-])o2)SC1=S. The van der Waals surface area contributed by atoms with Crippen LogP contribution in [0.5, 0.6) is 0 Å². The lowest BCUT2D eigenvalue weighted by Gasteiger charge is -2.22. The number of thiocarbonyl (C=S) groups is 1. The molecule has 0 radical (unpaired) electrons. The molecule has 1 aromatic heterocycles. The minimum absolute atomic E-state index is 0.0946. The molecule has 0 bridgehead atoms. The molecule has 156 valence electrons. The molecule has 8 nitrogen and oxygen atoms in total. The number of nitro benzene ring substituents is 1. The molecule has 0 saturated carbocycles. The van der Waals surface area contributed by atoms with Gasteiger partial charge in [0.15, 0.2) is 0 Å². The number of rotatable bonds is 8. The fourth-order valence-corrected chi connectivity index (χ4v) is 4.68. The summed E-state index contributed by atoms with van der Waals surface area (Å²) in [6.07, 6.45) is 3.60. The first-order chi connectivity index (χ1) is 14.3. The quantitative estimate of drug-likeness (QED) is 0.265. The Bertz CT molecular complexity index is 1050. The fraction of sp³-hybridized carbons (Fsp3) is 0.211. The minimum atomic E-state index is -1.11. The minimum Gasteiger partial charge on any atom is -0.480 e. The first-order valence-corrected chi connectivity index (χ1v) is 11.3. The average molecular weight is 465 g/mol. The van der Waals surface area contributed by atoms with Crippen LogP contribution in [0, 0.1) is 10.1 Å². The summed E-state index contributed by atoms with van der Waals surface area (Å²) >= 11 is 7.72. The molecule has 0 spiro atoms. The summed E-state index contributed by atoms with van der Waals surface area (Å²) in [5.41, 5.74) is 0.223. The number of aliphatic carboxylic acids is 1. The van der Waals surface area contributed by atoms with Crippen LogP contribution in [0.2, 0.25) is 0 Å². The number of amides is 1. The predicted molar refractivity (Wildman–Crippen MR) is 120 cm³/mol. The Labute approximate surface area is 185 Å². The first kappa shape index (κ1) is 22.1. The van der Waals surface area contributed by atoms with Gasteiger partial charge >= 0.3 is 5.97 Å². The van der Waals surface area contributed by atoms with Crippen LogP contribution in [-0.4, -0.2) is 49.2 Å². The highest BCUT2D eigenvalue weighted by molar-refractivity contribution is 8.26. The van der Waals surface area contributed by atoms with Crippen LogP contribution in [0.3, 0.4) is 0 Å². The summed E-state index contributed by atoms with van der Waals surface area (Å²) in [5.74, 6) is -0.447. The largest absolute Gasteiger partial charge is 0.480 e. The van der Waals surface area contributed by atoms with Crippen LogP contribution >= 0.6 is 35.7 Å². The van der Waals surface area contributed by atoms with E-state index >= 15 is 0 Å². The lowest BCUT2D eigenvalue weighted by atomic mass is 10.1. The van der Waals surface area contributed by atoms with Crippen molar-refractivity contribution in [2.24, 2.45) is 0 Å².